The van der Waals surface area contributed by atoms with Crippen LogP contribution in [-0.2, 0) is 9.59 Å². The summed E-state index contributed by atoms with van der Waals surface area (Å²) in [7, 11) is 0. The Morgan fingerprint density at radius 3 is 2.46 bits per heavy atom. The molecule has 0 bridgehead atoms. The molecule has 5 nitrogen and oxygen atoms in total. The quantitative estimate of drug-likeness (QED) is 0.808. The largest absolute Gasteiger partial charge is 0.355 e. The van der Waals surface area contributed by atoms with Gasteiger partial charge in [-0.3, -0.25) is 9.59 Å². The molecule has 0 aromatic heterocycles. The van der Waals surface area contributed by atoms with Crippen LogP contribution >= 0.6 is 12.4 Å². The summed E-state index contributed by atoms with van der Waals surface area (Å²) in [6.45, 7) is 8.05. The van der Waals surface area contributed by atoms with Crippen molar-refractivity contribution in [3.8, 4) is 0 Å². The number of nitrogens with zero attached hydrogens (tertiary/aromatic N) is 1. The Morgan fingerprint density at radius 1 is 1.17 bits per heavy atom. The second-order valence-electron chi connectivity index (χ2n) is 8.37. The predicted molar refractivity (Wildman–Crippen MR) is 99.0 cm³/mol. The third-order valence-electron chi connectivity index (χ3n) is 5.26. The summed E-state index contributed by atoms with van der Waals surface area (Å²) in [6, 6.07) is 0.200. The molecule has 1 saturated heterocycles. The van der Waals surface area contributed by atoms with Crippen LogP contribution in [0.5, 0.6) is 0 Å². The summed E-state index contributed by atoms with van der Waals surface area (Å²) in [6.07, 6.45) is 6.00. The number of hydrogen-bond donors (Lipinski definition) is 2. The van der Waals surface area contributed by atoms with Crippen LogP contribution in [0.4, 0.5) is 0 Å². The van der Waals surface area contributed by atoms with Crippen LogP contribution in [0.2, 0.25) is 0 Å². The molecule has 0 aromatic carbocycles. The lowest BCUT2D eigenvalue weighted by Gasteiger charge is -2.34. The summed E-state index contributed by atoms with van der Waals surface area (Å²) >= 11 is 0. The molecule has 3 atom stereocenters. The normalized spacial score (nSPS) is 27.5. The van der Waals surface area contributed by atoms with Crippen molar-refractivity contribution in [3.63, 3.8) is 0 Å². The summed E-state index contributed by atoms with van der Waals surface area (Å²) < 4.78 is 0. The highest BCUT2D eigenvalue weighted by Crippen LogP contribution is 2.28. The highest BCUT2D eigenvalue weighted by molar-refractivity contribution is 5.85. The summed E-state index contributed by atoms with van der Waals surface area (Å²) in [5.74, 6) is 1.07. The summed E-state index contributed by atoms with van der Waals surface area (Å²) in [5, 5.41) is 3.04. The fourth-order valence-electron chi connectivity index (χ4n) is 3.63. The molecule has 2 rings (SSSR count). The topological polar surface area (TPSA) is 75.4 Å². The second-order valence-corrected chi connectivity index (χ2v) is 8.37. The zero-order chi connectivity index (χ0) is 17.0. The molecule has 2 amide bonds. The van der Waals surface area contributed by atoms with Crippen LogP contribution in [0.1, 0.15) is 59.3 Å². The Balaban J connectivity index is 0.00000288. The molecule has 3 N–H and O–H groups in total. The van der Waals surface area contributed by atoms with Gasteiger partial charge in [-0.2, -0.15) is 0 Å². The van der Waals surface area contributed by atoms with Crippen molar-refractivity contribution in [3.05, 3.63) is 0 Å². The van der Waals surface area contributed by atoms with Gasteiger partial charge in [0.2, 0.25) is 11.8 Å². The van der Waals surface area contributed by atoms with Gasteiger partial charge in [0.1, 0.15) is 0 Å². The van der Waals surface area contributed by atoms with Gasteiger partial charge < -0.3 is 16.0 Å². The Morgan fingerprint density at radius 2 is 1.88 bits per heavy atom. The molecule has 1 aliphatic heterocycles. The molecule has 1 unspecified atom stereocenters. The number of halogens is 1. The second kappa shape index (κ2) is 9.04. The van der Waals surface area contributed by atoms with E-state index < -0.39 is 0 Å². The van der Waals surface area contributed by atoms with E-state index in [2.05, 4.69) is 5.32 Å². The van der Waals surface area contributed by atoms with Gasteiger partial charge in [0.05, 0.1) is 0 Å². The van der Waals surface area contributed by atoms with E-state index in [-0.39, 0.29) is 35.7 Å². The maximum Gasteiger partial charge on any atom is 0.225 e. The van der Waals surface area contributed by atoms with Crippen LogP contribution in [-0.4, -0.2) is 42.4 Å². The summed E-state index contributed by atoms with van der Waals surface area (Å²) in [4.78, 5) is 26.5. The SMILES string of the molecule is CC(C)(C)C(=O)NCC1CCCN(C(=O)C[C@@H]2CCC[C@H]2N)C1.Cl. The van der Waals surface area contributed by atoms with Crippen molar-refractivity contribution >= 4 is 24.2 Å². The number of piperidine rings is 1. The fraction of sp³-hybridized carbons (Fsp3) is 0.889. The van der Waals surface area contributed by atoms with E-state index in [1.54, 1.807) is 0 Å². The number of rotatable bonds is 4. The number of nitrogens with two attached hydrogens (primary N) is 1. The first-order valence-electron chi connectivity index (χ1n) is 9.09. The van der Waals surface area contributed by atoms with Gasteiger partial charge in [0.15, 0.2) is 0 Å². The third kappa shape index (κ3) is 5.92. The zero-order valence-corrected chi connectivity index (χ0v) is 16.2. The van der Waals surface area contributed by atoms with Crippen LogP contribution in [0.25, 0.3) is 0 Å². The molecule has 0 aromatic rings. The maximum absolute atomic E-state index is 12.5. The third-order valence-corrected chi connectivity index (χ3v) is 5.26. The van der Waals surface area contributed by atoms with Crippen molar-refractivity contribution in [2.45, 2.75) is 65.3 Å². The molecule has 6 heteroatoms. The first kappa shape index (κ1) is 21.2. The van der Waals surface area contributed by atoms with Crippen molar-refractivity contribution in [1.82, 2.24) is 10.2 Å². The van der Waals surface area contributed by atoms with Gasteiger partial charge in [0, 0.05) is 37.5 Å². The van der Waals surface area contributed by atoms with Gasteiger partial charge in [-0.1, -0.05) is 27.2 Å². The molecule has 0 radical (unpaired) electrons. The molecular formula is C18H34ClN3O2. The number of nitrogens with one attached hydrogen (secondary N) is 1. The number of amides is 2. The average Bonchev–Trinajstić information content (AvgIpc) is 2.89. The minimum absolute atomic E-state index is 0. The van der Waals surface area contributed by atoms with Crippen molar-refractivity contribution < 1.29 is 9.59 Å². The smallest absolute Gasteiger partial charge is 0.225 e. The highest BCUT2D eigenvalue weighted by atomic mass is 35.5. The standard InChI is InChI=1S/C18H33N3O2.ClH/c1-18(2,3)17(23)20-11-13-6-5-9-21(12-13)16(22)10-14-7-4-8-15(14)19;/h13-15H,4-12,19H2,1-3H3,(H,20,23);1H/t13?,14-,15+;/m0./s1. The minimum atomic E-state index is -0.358. The molecule has 1 saturated carbocycles. The lowest BCUT2D eigenvalue weighted by atomic mass is 9.93. The molecule has 1 aliphatic carbocycles. The van der Waals surface area contributed by atoms with E-state index in [1.165, 1.54) is 0 Å². The summed E-state index contributed by atoms with van der Waals surface area (Å²) in [5.41, 5.74) is 5.73. The van der Waals surface area contributed by atoms with Gasteiger partial charge in [-0.25, -0.2) is 0 Å². The van der Waals surface area contributed by atoms with E-state index in [0.29, 0.717) is 24.8 Å². The minimum Gasteiger partial charge on any atom is -0.355 e. The lowest BCUT2D eigenvalue weighted by Crippen LogP contribution is -2.46. The molecule has 1 heterocycles. The zero-order valence-electron chi connectivity index (χ0n) is 15.3. The molecule has 2 aliphatic rings. The fourth-order valence-corrected chi connectivity index (χ4v) is 3.63. The number of likely N-dealkylation sites (tertiary alicyclic amines) is 1. The van der Waals surface area contributed by atoms with Crippen molar-refractivity contribution in [2.75, 3.05) is 19.6 Å². The first-order chi connectivity index (χ1) is 10.8. The maximum atomic E-state index is 12.5. The van der Waals surface area contributed by atoms with Gasteiger partial charge >= 0.3 is 0 Å². The van der Waals surface area contributed by atoms with Crippen molar-refractivity contribution in [2.24, 2.45) is 23.0 Å². The van der Waals surface area contributed by atoms with E-state index in [0.717, 1.165) is 45.2 Å². The Kier molecular flexibility index (Phi) is 8.00. The Bertz CT molecular complexity index is 436. The van der Waals surface area contributed by atoms with Gasteiger partial charge in [0.25, 0.3) is 0 Å². The van der Waals surface area contributed by atoms with Crippen LogP contribution in [0.15, 0.2) is 0 Å². The lowest BCUT2D eigenvalue weighted by molar-refractivity contribution is -0.134. The van der Waals surface area contributed by atoms with Crippen LogP contribution < -0.4 is 11.1 Å². The van der Waals surface area contributed by atoms with Crippen LogP contribution in [0.3, 0.4) is 0 Å². The van der Waals surface area contributed by atoms with E-state index >= 15 is 0 Å². The van der Waals surface area contributed by atoms with E-state index in [9.17, 15) is 9.59 Å². The van der Waals surface area contributed by atoms with E-state index in [4.69, 9.17) is 5.73 Å². The Labute approximate surface area is 152 Å². The average molecular weight is 360 g/mol. The molecular weight excluding hydrogens is 326 g/mol. The number of hydrogen-bond acceptors (Lipinski definition) is 3. The molecule has 0 spiro atoms. The number of carbonyl (C=O) groups is 2. The molecule has 24 heavy (non-hydrogen) atoms. The Hall–Kier alpha value is -0.810. The van der Waals surface area contributed by atoms with Crippen LogP contribution in [0, 0.1) is 17.3 Å². The monoisotopic (exact) mass is 359 g/mol. The van der Waals surface area contributed by atoms with Gasteiger partial charge in [-0.15, -0.1) is 12.4 Å². The molecule has 2 fully saturated rings. The highest BCUT2D eigenvalue weighted by Gasteiger charge is 2.30. The predicted octanol–water partition coefficient (Wildman–Crippen LogP) is 2.33. The first-order valence-corrected chi connectivity index (χ1v) is 9.09. The van der Waals surface area contributed by atoms with Crippen molar-refractivity contribution in [1.29, 1.82) is 0 Å². The van der Waals surface area contributed by atoms with Gasteiger partial charge in [-0.05, 0) is 37.5 Å². The molecule has 140 valence electrons. The van der Waals surface area contributed by atoms with E-state index in [1.807, 2.05) is 25.7 Å². The number of carbonyl (C=O) groups excluding carboxylic acids is 2.